The molecule has 1 aromatic carbocycles. The largest absolute Gasteiger partial charge is 0.330 e. The lowest BCUT2D eigenvalue weighted by Crippen LogP contribution is -1.84. The monoisotopic (exact) mass is 298 g/mol. The first kappa shape index (κ1) is 11.4. The first-order valence-electron chi connectivity index (χ1n) is 4.59. The summed E-state index contributed by atoms with van der Waals surface area (Å²) in [5, 5.41) is 0.615. The van der Waals surface area contributed by atoms with Gasteiger partial charge in [0.1, 0.15) is 10.3 Å². The average Bonchev–Trinajstić information content (AvgIpc) is 2.60. The molecule has 0 amide bonds. The van der Waals surface area contributed by atoms with Crippen molar-refractivity contribution in [3.8, 4) is 11.3 Å². The first-order valence-corrected chi connectivity index (χ1v) is 5.76. The van der Waals surface area contributed by atoms with Gasteiger partial charge in [0, 0.05) is 5.56 Å². The summed E-state index contributed by atoms with van der Waals surface area (Å²) in [7, 11) is 0. The van der Waals surface area contributed by atoms with Gasteiger partial charge in [0.2, 0.25) is 0 Å². The fourth-order valence-corrected chi connectivity index (χ4v) is 2.25. The Balaban J connectivity index is 2.57. The van der Waals surface area contributed by atoms with Crippen molar-refractivity contribution in [1.29, 1.82) is 0 Å². The highest BCUT2D eigenvalue weighted by Crippen LogP contribution is 2.32. The predicted octanol–water partition coefficient (Wildman–Crippen LogP) is 3.61. The molecule has 1 aromatic heterocycles. The molecule has 0 spiro atoms. The first-order chi connectivity index (χ1) is 7.61. The Kier molecular flexibility index (Phi) is 3.12. The maximum Gasteiger partial charge on any atom is 0.185 e. The minimum absolute atomic E-state index is 0.276. The van der Waals surface area contributed by atoms with E-state index in [1.165, 1.54) is 0 Å². The molecule has 0 aliphatic rings. The van der Waals surface area contributed by atoms with E-state index in [0.717, 1.165) is 11.1 Å². The highest BCUT2D eigenvalue weighted by atomic mass is 79.9. The summed E-state index contributed by atoms with van der Waals surface area (Å²) >= 11 is 9.44. The normalized spacial score (nSPS) is 10.4. The molecule has 0 radical (unpaired) electrons. The molecule has 0 saturated heterocycles. The van der Waals surface area contributed by atoms with Crippen LogP contribution in [0.4, 0.5) is 0 Å². The number of aldehydes is 1. The van der Waals surface area contributed by atoms with E-state index in [4.69, 9.17) is 11.6 Å². The Morgan fingerprint density at radius 2 is 2.25 bits per heavy atom. The summed E-state index contributed by atoms with van der Waals surface area (Å²) < 4.78 is 0.653. The van der Waals surface area contributed by atoms with E-state index in [1.807, 2.05) is 25.1 Å². The van der Waals surface area contributed by atoms with Gasteiger partial charge in [-0.15, -0.1) is 0 Å². The second-order valence-electron chi connectivity index (χ2n) is 3.39. The van der Waals surface area contributed by atoms with Crippen LogP contribution >= 0.6 is 27.5 Å². The van der Waals surface area contributed by atoms with Gasteiger partial charge in [-0.3, -0.25) is 4.79 Å². The van der Waals surface area contributed by atoms with Gasteiger partial charge in [-0.1, -0.05) is 23.7 Å². The van der Waals surface area contributed by atoms with E-state index >= 15 is 0 Å². The number of halogens is 2. The molecule has 2 rings (SSSR count). The lowest BCUT2D eigenvalue weighted by molar-refractivity contribution is 0.111. The molecule has 0 unspecified atom stereocenters. The number of carbonyl (C=O) groups is 1. The summed E-state index contributed by atoms with van der Waals surface area (Å²) in [6.45, 7) is 1.96. The van der Waals surface area contributed by atoms with E-state index < -0.39 is 0 Å². The standard InChI is InChI=1S/C11H8BrClN2O/c1-6-2-3-7(8(13)4-6)10-11(12)15-9(5-16)14-10/h2-5H,1H3,(H,14,15). The van der Waals surface area contributed by atoms with Crippen LogP contribution in [0.15, 0.2) is 22.8 Å². The third-order valence-electron chi connectivity index (χ3n) is 2.17. The molecule has 0 atom stereocenters. The molecule has 16 heavy (non-hydrogen) atoms. The van der Waals surface area contributed by atoms with Crippen LogP contribution in [-0.4, -0.2) is 16.3 Å². The number of aromatic nitrogens is 2. The van der Waals surface area contributed by atoms with Crippen molar-refractivity contribution in [2.75, 3.05) is 0 Å². The zero-order chi connectivity index (χ0) is 11.7. The zero-order valence-corrected chi connectivity index (χ0v) is 10.8. The second kappa shape index (κ2) is 4.39. The summed E-state index contributed by atoms with van der Waals surface area (Å²) in [6, 6.07) is 5.69. The number of imidazole rings is 1. The Morgan fingerprint density at radius 3 is 2.81 bits per heavy atom. The SMILES string of the molecule is Cc1ccc(-c2nc(C=O)[nH]c2Br)c(Cl)c1. The molecule has 1 heterocycles. The summed E-state index contributed by atoms with van der Waals surface area (Å²) in [4.78, 5) is 17.5. The quantitative estimate of drug-likeness (QED) is 0.861. The molecule has 0 aliphatic carbocycles. The van der Waals surface area contributed by atoms with Crippen LogP contribution < -0.4 is 0 Å². The van der Waals surface area contributed by atoms with Crippen molar-refractivity contribution in [2.24, 2.45) is 0 Å². The minimum atomic E-state index is 0.276. The number of nitrogens with one attached hydrogen (secondary N) is 1. The van der Waals surface area contributed by atoms with Crippen LogP contribution in [0.1, 0.15) is 16.2 Å². The molecular weight excluding hydrogens is 291 g/mol. The van der Waals surface area contributed by atoms with Crippen LogP contribution in [0.2, 0.25) is 5.02 Å². The number of H-pyrrole nitrogens is 1. The molecule has 1 N–H and O–H groups in total. The summed E-state index contributed by atoms with van der Waals surface area (Å²) in [5.74, 6) is 0.276. The van der Waals surface area contributed by atoms with E-state index in [-0.39, 0.29) is 5.82 Å². The van der Waals surface area contributed by atoms with Crippen LogP contribution in [0, 0.1) is 6.92 Å². The molecule has 0 aliphatic heterocycles. The summed E-state index contributed by atoms with van der Waals surface area (Å²) in [5.41, 5.74) is 2.52. The van der Waals surface area contributed by atoms with Crippen molar-refractivity contribution in [1.82, 2.24) is 9.97 Å². The van der Waals surface area contributed by atoms with Gasteiger partial charge in [-0.2, -0.15) is 0 Å². The molecule has 0 saturated carbocycles. The predicted molar refractivity (Wildman–Crippen MR) is 66.9 cm³/mol. The lowest BCUT2D eigenvalue weighted by atomic mass is 10.1. The molecule has 3 nitrogen and oxygen atoms in total. The Hall–Kier alpha value is -1.13. The smallest absolute Gasteiger partial charge is 0.185 e. The number of aromatic amines is 1. The minimum Gasteiger partial charge on any atom is -0.330 e. The molecular formula is C11H8BrClN2O. The van der Waals surface area contributed by atoms with Gasteiger partial charge < -0.3 is 4.98 Å². The number of hydrogen-bond acceptors (Lipinski definition) is 2. The second-order valence-corrected chi connectivity index (χ2v) is 4.59. The van der Waals surface area contributed by atoms with Crippen molar-refractivity contribution < 1.29 is 4.79 Å². The van der Waals surface area contributed by atoms with Gasteiger partial charge in [0.25, 0.3) is 0 Å². The molecule has 0 bridgehead atoms. The lowest BCUT2D eigenvalue weighted by Gasteiger charge is -2.02. The van der Waals surface area contributed by atoms with E-state index in [1.54, 1.807) is 0 Å². The maximum atomic E-state index is 10.6. The summed E-state index contributed by atoms with van der Waals surface area (Å²) in [6.07, 6.45) is 0.663. The molecule has 5 heteroatoms. The van der Waals surface area contributed by atoms with Crippen molar-refractivity contribution in [3.63, 3.8) is 0 Å². The van der Waals surface area contributed by atoms with Crippen molar-refractivity contribution in [3.05, 3.63) is 39.2 Å². The highest BCUT2D eigenvalue weighted by Gasteiger charge is 2.12. The van der Waals surface area contributed by atoms with Crippen LogP contribution in [-0.2, 0) is 0 Å². The fourth-order valence-electron chi connectivity index (χ4n) is 1.42. The fraction of sp³-hybridized carbons (Fsp3) is 0.0909. The van der Waals surface area contributed by atoms with Crippen LogP contribution in [0.3, 0.4) is 0 Å². The molecule has 0 fully saturated rings. The van der Waals surface area contributed by atoms with E-state index in [9.17, 15) is 4.79 Å². The Labute approximate surface area is 106 Å². The number of hydrogen-bond donors (Lipinski definition) is 1. The number of carbonyl (C=O) groups excluding carboxylic acids is 1. The maximum absolute atomic E-state index is 10.6. The van der Waals surface area contributed by atoms with Crippen molar-refractivity contribution in [2.45, 2.75) is 6.92 Å². The Bertz CT molecular complexity index is 551. The molecule has 82 valence electrons. The van der Waals surface area contributed by atoms with Gasteiger partial charge >= 0.3 is 0 Å². The van der Waals surface area contributed by atoms with Crippen LogP contribution in [0.25, 0.3) is 11.3 Å². The number of nitrogens with zero attached hydrogens (tertiary/aromatic N) is 1. The van der Waals surface area contributed by atoms with Gasteiger partial charge in [-0.25, -0.2) is 4.98 Å². The van der Waals surface area contributed by atoms with Crippen LogP contribution in [0.5, 0.6) is 0 Å². The van der Waals surface area contributed by atoms with Gasteiger partial charge in [0.15, 0.2) is 12.1 Å². The number of aryl methyl sites for hydroxylation is 1. The highest BCUT2D eigenvalue weighted by molar-refractivity contribution is 9.10. The zero-order valence-electron chi connectivity index (χ0n) is 8.42. The average molecular weight is 300 g/mol. The van der Waals surface area contributed by atoms with Crippen molar-refractivity contribution >= 4 is 33.8 Å². The number of rotatable bonds is 2. The Morgan fingerprint density at radius 1 is 1.50 bits per heavy atom. The van der Waals surface area contributed by atoms with E-state index in [0.29, 0.717) is 21.6 Å². The van der Waals surface area contributed by atoms with Gasteiger partial charge in [0.05, 0.1) is 5.02 Å². The third kappa shape index (κ3) is 2.03. The number of benzene rings is 1. The third-order valence-corrected chi connectivity index (χ3v) is 3.06. The molecule has 2 aromatic rings. The topological polar surface area (TPSA) is 45.8 Å². The van der Waals surface area contributed by atoms with Gasteiger partial charge in [-0.05, 0) is 34.5 Å². The van der Waals surface area contributed by atoms with E-state index in [2.05, 4.69) is 25.9 Å².